The van der Waals surface area contributed by atoms with Crippen LogP contribution in [0, 0.1) is 19.3 Å². The van der Waals surface area contributed by atoms with E-state index in [-0.39, 0.29) is 0 Å². The molecule has 0 radical (unpaired) electrons. The van der Waals surface area contributed by atoms with Gasteiger partial charge in [0, 0.05) is 34.4 Å². The van der Waals surface area contributed by atoms with Crippen LogP contribution in [0.2, 0.25) is 0 Å². The largest absolute Gasteiger partial charge is 0.378 e. The number of hydrogen-bond acceptors (Lipinski definition) is 3. The van der Waals surface area contributed by atoms with Gasteiger partial charge in [0.05, 0.1) is 6.10 Å². The Kier molecular flexibility index (Phi) is 4.72. The zero-order chi connectivity index (χ0) is 14.9. The predicted molar refractivity (Wildman–Crippen MR) is 90.0 cm³/mol. The number of aryl methyl sites for hydroxylation is 2. The van der Waals surface area contributed by atoms with Gasteiger partial charge in [0.2, 0.25) is 0 Å². The van der Waals surface area contributed by atoms with E-state index in [0.717, 1.165) is 13.2 Å². The molecule has 118 valence electrons. The van der Waals surface area contributed by atoms with E-state index in [1.54, 1.807) is 0 Å². The van der Waals surface area contributed by atoms with Crippen molar-refractivity contribution in [3.05, 3.63) is 21.4 Å². The lowest BCUT2D eigenvalue weighted by Gasteiger charge is -2.58. The molecule has 0 amide bonds. The first-order chi connectivity index (χ1) is 10.2. The van der Waals surface area contributed by atoms with Crippen LogP contribution in [-0.2, 0) is 11.3 Å². The smallest absolute Gasteiger partial charge is 0.0661 e. The molecule has 0 aliphatic heterocycles. The van der Waals surface area contributed by atoms with Crippen LogP contribution in [-0.4, -0.2) is 18.8 Å². The number of thiophene rings is 1. The maximum Gasteiger partial charge on any atom is 0.0661 e. The molecule has 2 saturated carbocycles. The van der Waals surface area contributed by atoms with Gasteiger partial charge in [-0.1, -0.05) is 19.3 Å². The molecule has 2 aliphatic rings. The Labute approximate surface area is 133 Å². The van der Waals surface area contributed by atoms with E-state index < -0.39 is 0 Å². The number of hydrogen-bond donors (Lipinski definition) is 1. The van der Waals surface area contributed by atoms with Gasteiger partial charge in [-0.2, -0.15) is 0 Å². The summed E-state index contributed by atoms with van der Waals surface area (Å²) in [5.74, 6) is 0. The van der Waals surface area contributed by atoms with Crippen LogP contribution in [0.4, 0.5) is 0 Å². The standard InChI is InChI=1S/C18H29NOS/c1-4-20-17-11-16(18(17)8-6-5-7-9-18)19-12-15-10-13(2)14(3)21-15/h10,16-17,19H,4-9,11-12H2,1-3H3. The number of ether oxygens (including phenoxy) is 1. The van der Waals surface area contributed by atoms with Crippen molar-refractivity contribution in [3.8, 4) is 0 Å². The van der Waals surface area contributed by atoms with Crippen molar-refractivity contribution >= 4 is 11.3 Å². The van der Waals surface area contributed by atoms with Crippen LogP contribution < -0.4 is 5.32 Å². The molecule has 0 aromatic carbocycles. The highest BCUT2D eigenvalue weighted by Crippen LogP contribution is 2.53. The molecule has 0 saturated heterocycles. The average Bonchev–Trinajstić information content (AvgIpc) is 2.81. The van der Waals surface area contributed by atoms with Crippen molar-refractivity contribution < 1.29 is 4.74 Å². The topological polar surface area (TPSA) is 21.3 Å². The Bertz CT molecular complexity index is 456. The Morgan fingerprint density at radius 2 is 2.05 bits per heavy atom. The fourth-order valence-corrected chi connectivity index (χ4v) is 5.31. The van der Waals surface area contributed by atoms with Gasteiger partial charge in [0.15, 0.2) is 0 Å². The molecule has 3 heteroatoms. The molecule has 0 bridgehead atoms. The van der Waals surface area contributed by atoms with Crippen molar-refractivity contribution in [2.75, 3.05) is 6.61 Å². The summed E-state index contributed by atoms with van der Waals surface area (Å²) >= 11 is 1.94. The Morgan fingerprint density at radius 1 is 1.29 bits per heavy atom. The van der Waals surface area contributed by atoms with Gasteiger partial charge in [0.25, 0.3) is 0 Å². The summed E-state index contributed by atoms with van der Waals surface area (Å²) in [6, 6.07) is 3.01. The second-order valence-electron chi connectivity index (χ2n) is 6.86. The summed E-state index contributed by atoms with van der Waals surface area (Å²) < 4.78 is 6.04. The fourth-order valence-electron chi connectivity index (χ4n) is 4.31. The molecule has 21 heavy (non-hydrogen) atoms. The number of nitrogens with one attached hydrogen (secondary N) is 1. The lowest BCUT2D eigenvalue weighted by molar-refractivity contribution is -0.150. The first kappa shape index (κ1) is 15.5. The fraction of sp³-hybridized carbons (Fsp3) is 0.778. The second-order valence-corrected chi connectivity index (χ2v) is 8.20. The van der Waals surface area contributed by atoms with Crippen LogP contribution in [0.5, 0.6) is 0 Å². The first-order valence-electron chi connectivity index (χ1n) is 8.56. The summed E-state index contributed by atoms with van der Waals surface area (Å²) in [4.78, 5) is 2.94. The minimum absolute atomic E-state index is 0.440. The molecular formula is C18H29NOS. The SMILES string of the molecule is CCOC1CC(NCc2cc(C)c(C)s2)C12CCCCC2. The van der Waals surface area contributed by atoms with Crippen molar-refractivity contribution in [2.45, 2.75) is 78.0 Å². The van der Waals surface area contributed by atoms with E-state index in [2.05, 4.69) is 32.2 Å². The lowest BCUT2D eigenvalue weighted by atomic mass is 9.55. The van der Waals surface area contributed by atoms with Crippen molar-refractivity contribution in [2.24, 2.45) is 5.41 Å². The third-order valence-electron chi connectivity index (χ3n) is 5.68. The lowest BCUT2D eigenvalue weighted by Crippen LogP contribution is -2.64. The molecule has 1 spiro atoms. The molecule has 2 nitrogen and oxygen atoms in total. The van der Waals surface area contributed by atoms with Crippen LogP contribution in [0.1, 0.15) is 60.8 Å². The zero-order valence-corrected chi connectivity index (χ0v) is 14.5. The summed E-state index contributed by atoms with van der Waals surface area (Å²) in [6.07, 6.45) is 8.62. The molecule has 3 rings (SSSR count). The highest BCUT2D eigenvalue weighted by molar-refractivity contribution is 7.12. The molecule has 2 fully saturated rings. The predicted octanol–water partition coefficient (Wildman–Crippen LogP) is 4.58. The van der Waals surface area contributed by atoms with Gasteiger partial charge in [-0.25, -0.2) is 0 Å². The molecule has 2 atom stereocenters. The Hall–Kier alpha value is -0.380. The molecule has 1 aromatic heterocycles. The van der Waals surface area contributed by atoms with Crippen LogP contribution in [0.25, 0.3) is 0 Å². The quantitative estimate of drug-likeness (QED) is 0.859. The molecule has 2 unspecified atom stereocenters. The summed E-state index contributed by atoms with van der Waals surface area (Å²) in [6.45, 7) is 8.47. The van der Waals surface area contributed by atoms with E-state index in [1.165, 1.54) is 53.8 Å². The van der Waals surface area contributed by atoms with Gasteiger partial charge in [-0.3, -0.25) is 0 Å². The third-order valence-corrected chi connectivity index (χ3v) is 6.83. The van der Waals surface area contributed by atoms with E-state index in [0.29, 0.717) is 17.6 Å². The maximum absolute atomic E-state index is 6.04. The monoisotopic (exact) mass is 307 g/mol. The van der Waals surface area contributed by atoms with Gasteiger partial charge >= 0.3 is 0 Å². The van der Waals surface area contributed by atoms with E-state index in [1.807, 2.05) is 11.3 Å². The van der Waals surface area contributed by atoms with Crippen LogP contribution in [0.3, 0.4) is 0 Å². The van der Waals surface area contributed by atoms with Crippen LogP contribution >= 0.6 is 11.3 Å². The molecule has 2 aliphatic carbocycles. The van der Waals surface area contributed by atoms with E-state index in [9.17, 15) is 0 Å². The normalized spacial score (nSPS) is 27.8. The average molecular weight is 308 g/mol. The van der Waals surface area contributed by atoms with Gasteiger partial charge < -0.3 is 10.1 Å². The van der Waals surface area contributed by atoms with Gasteiger partial charge in [0.1, 0.15) is 0 Å². The maximum atomic E-state index is 6.04. The van der Waals surface area contributed by atoms with Crippen LogP contribution in [0.15, 0.2) is 6.07 Å². The van der Waals surface area contributed by atoms with Crippen molar-refractivity contribution in [1.29, 1.82) is 0 Å². The highest BCUT2D eigenvalue weighted by atomic mass is 32.1. The minimum Gasteiger partial charge on any atom is -0.378 e. The highest BCUT2D eigenvalue weighted by Gasteiger charge is 2.55. The number of rotatable bonds is 5. The van der Waals surface area contributed by atoms with Crippen molar-refractivity contribution in [1.82, 2.24) is 5.32 Å². The van der Waals surface area contributed by atoms with E-state index in [4.69, 9.17) is 4.74 Å². The van der Waals surface area contributed by atoms with Crippen molar-refractivity contribution in [3.63, 3.8) is 0 Å². The van der Waals surface area contributed by atoms with E-state index >= 15 is 0 Å². The summed E-state index contributed by atoms with van der Waals surface area (Å²) in [5, 5.41) is 3.86. The Balaban J connectivity index is 1.62. The molecular weight excluding hydrogens is 278 g/mol. The first-order valence-corrected chi connectivity index (χ1v) is 9.38. The summed E-state index contributed by atoms with van der Waals surface area (Å²) in [7, 11) is 0. The molecule has 1 aromatic rings. The van der Waals surface area contributed by atoms with Gasteiger partial charge in [-0.15, -0.1) is 11.3 Å². The zero-order valence-electron chi connectivity index (χ0n) is 13.7. The Morgan fingerprint density at radius 3 is 2.67 bits per heavy atom. The summed E-state index contributed by atoms with van der Waals surface area (Å²) in [5.41, 5.74) is 1.88. The molecule has 1 heterocycles. The molecule has 1 N–H and O–H groups in total. The third kappa shape index (κ3) is 2.93. The minimum atomic E-state index is 0.440. The second kappa shape index (κ2) is 6.39. The van der Waals surface area contributed by atoms with Gasteiger partial charge in [-0.05, 0) is 51.7 Å².